The molecule has 0 aliphatic rings. The molecular formula is C12H12F3N3O. The lowest BCUT2D eigenvalue weighted by molar-refractivity contribution is -0.137. The first-order valence-corrected chi connectivity index (χ1v) is 5.64. The molecule has 7 heteroatoms. The van der Waals surface area contributed by atoms with Crippen LogP contribution < -0.4 is 5.69 Å². The molecule has 2 rings (SSSR count). The Bertz CT molecular complexity index is 623. The Hall–Kier alpha value is -2.05. The van der Waals surface area contributed by atoms with Gasteiger partial charge < -0.3 is 0 Å². The van der Waals surface area contributed by atoms with Gasteiger partial charge in [-0.25, -0.2) is 4.79 Å². The van der Waals surface area contributed by atoms with E-state index in [1.165, 1.54) is 23.0 Å². The third kappa shape index (κ3) is 2.54. The van der Waals surface area contributed by atoms with Gasteiger partial charge in [0.05, 0.1) is 11.3 Å². The predicted molar refractivity (Wildman–Crippen MR) is 63.2 cm³/mol. The molecule has 0 unspecified atom stereocenters. The van der Waals surface area contributed by atoms with Gasteiger partial charge in [0.25, 0.3) is 0 Å². The van der Waals surface area contributed by atoms with Gasteiger partial charge in [-0.05, 0) is 38.1 Å². The van der Waals surface area contributed by atoms with Crippen molar-refractivity contribution in [3.8, 4) is 5.69 Å². The summed E-state index contributed by atoms with van der Waals surface area (Å²) < 4.78 is 39.7. The molecule has 0 amide bonds. The molecular weight excluding hydrogens is 259 g/mol. The first-order chi connectivity index (χ1) is 8.80. The van der Waals surface area contributed by atoms with E-state index < -0.39 is 11.7 Å². The highest BCUT2D eigenvalue weighted by Crippen LogP contribution is 2.29. The van der Waals surface area contributed by atoms with Crippen LogP contribution in [0.4, 0.5) is 13.2 Å². The van der Waals surface area contributed by atoms with Crippen molar-refractivity contribution in [3.63, 3.8) is 0 Å². The molecule has 0 aliphatic carbocycles. The molecule has 0 radical (unpaired) electrons. The van der Waals surface area contributed by atoms with E-state index in [0.717, 1.165) is 16.8 Å². The van der Waals surface area contributed by atoms with E-state index in [4.69, 9.17) is 0 Å². The van der Waals surface area contributed by atoms with Crippen molar-refractivity contribution in [2.24, 2.45) is 0 Å². The van der Waals surface area contributed by atoms with E-state index in [1.54, 1.807) is 0 Å². The Balaban J connectivity index is 2.41. The Labute approximate surface area is 107 Å². The minimum absolute atomic E-state index is 0.0595. The molecule has 2 aromatic rings. The summed E-state index contributed by atoms with van der Waals surface area (Å²) in [4.78, 5) is 11.9. The summed E-state index contributed by atoms with van der Waals surface area (Å²) in [5.74, 6) is 0. The van der Waals surface area contributed by atoms with Crippen molar-refractivity contribution in [1.29, 1.82) is 0 Å². The van der Waals surface area contributed by atoms with Gasteiger partial charge in [0, 0.05) is 6.04 Å². The third-order valence-electron chi connectivity index (χ3n) is 2.69. The first kappa shape index (κ1) is 13.4. The van der Waals surface area contributed by atoms with Crippen LogP contribution in [0.2, 0.25) is 0 Å². The topological polar surface area (TPSA) is 39.8 Å². The van der Waals surface area contributed by atoms with Gasteiger partial charge >= 0.3 is 11.9 Å². The highest BCUT2D eigenvalue weighted by Gasteiger charge is 2.30. The van der Waals surface area contributed by atoms with Crippen molar-refractivity contribution in [2.75, 3.05) is 0 Å². The number of nitrogens with zero attached hydrogens (tertiary/aromatic N) is 3. The van der Waals surface area contributed by atoms with E-state index in [2.05, 4.69) is 5.10 Å². The fourth-order valence-corrected chi connectivity index (χ4v) is 1.64. The lowest BCUT2D eigenvalue weighted by atomic mass is 10.2. The van der Waals surface area contributed by atoms with Gasteiger partial charge in [-0.1, -0.05) is 0 Å². The minimum Gasteiger partial charge on any atom is -0.279 e. The average Bonchev–Trinajstić information content (AvgIpc) is 2.70. The second kappa shape index (κ2) is 4.56. The summed E-state index contributed by atoms with van der Waals surface area (Å²) >= 11 is 0. The molecule has 4 nitrogen and oxygen atoms in total. The monoisotopic (exact) mass is 271 g/mol. The van der Waals surface area contributed by atoms with Crippen LogP contribution in [0.3, 0.4) is 0 Å². The standard InChI is InChI=1S/C12H12F3N3O/c1-8(2)17-7-16-18(11(17)19)10-5-3-9(4-6-10)12(13,14)15/h3-8H,1-2H3. The van der Waals surface area contributed by atoms with Crippen molar-refractivity contribution in [1.82, 2.24) is 14.3 Å². The lowest BCUT2D eigenvalue weighted by Crippen LogP contribution is -2.24. The molecule has 0 bridgehead atoms. The number of halogens is 3. The molecule has 0 fully saturated rings. The summed E-state index contributed by atoms with van der Waals surface area (Å²) in [5, 5.41) is 3.88. The molecule has 1 aromatic heterocycles. The number of aromatic nitrogens is 3. The van der Waals surface area contributed by atoms with Gasteiger partial charge in [-0.15, -0.1) is 0 Å². The maximum absolute atomic E-state index is 12.4. The zero-order valence-electron chi connectivity index (χ0n) is 10.3. The van der Waals surface area contributed by atoms with Gasteiger partial charge in [0.1, 0.15) is 6.33 Å². The molecule has 0 N–H and O–H groups in total. The first-order valence-electron chi connectivity index (χ1n) is 5.64. The van der Waals surface area contributed by atoms with Crippen LogP contribution in [0.1, 0.15) is 25.5 Å². The van der Waals surface area contributed by atoms with Crippen molar-refractivity contribution < 1.29 is 13.2 Å². The van der Waals surface area contributed by atoms with E-state index in [-0.39, 0.29) is 11.7 Å². The number of alkyl halides is 3. The van der Waals surface area contributed by atoms with Crippen LogP contribution in [0, 0.1) is 0 Å². The highest BCUT2D eigenvalue weighted by molar-refractivity contribution is 5.34. The van der Waals surface area contributed by atoms with E-state index in [1.807, 2.05) is 13.8 Å². The van der Waals surface area contributed by atoms with E-state index in [0.29, 0.717) is 5.69 Å². The summed E-state index contributed by atoms with van der Waals surface area (Å²) in [5.41, 5.74) is -0.834. The molecule has 0 saturated carbocycles. The second-order valence-electron chi connectivity index (χ2n) is 4.37. The smallest absolute Gasteiger partial charge is 0.279 e. The molecule has 0 saturated heterocycles. The van der Waals surface area contributed by atoms with Crippen molar-refractivity contribution in [2.45, 2.75) is 26.1 Å². The SMILES string of the molecule is CC(C)n1cnn(-c2ccc(C(F)(F)F)cc2)c1=O. The van der Waals surface area contributed by atoms with Crippen LogP contribution >= 0.6 is 0 Å². The number of benzene rings is 1. The van der Waals surface area contributed by atoms with Crippen molar-refractivity contribution >= 4 is 0 Å². The molecule has 1 heterocycles. The molecule has 19 heavy (non-hydrogen) atoms. The lowest BCUT2D eigenvalue weighted by Gasteiger charge is -2.07. The summed E-state index contributed by atoms with van der Waals surface area (Å²) in [7, 11) is 0. The number of hydrogen-bond acceptors (Lipinski definition) is 2. The maximum atomic E-state index is 12.4. The van der Waals surface area contributed by atoms with Gasteiger partial charge in [-0.2, -0.15) is 23.0 Å². The summed E-state index contributed by atoms with van der Waals surface area (Å²) in [6.07, 6.45) is -3.02. The molecule has 1 aromatic carbocycles. The van der Waals surface area contributed by atoms with Crippen LogP contribution in [-0.4, -0.2) is 14.3 Å². The quantitative estimate of drug-likeness (QED) is 0.842. The van der Waals surface area contributed by atoms with E-state index >= 15 is 0 Å². The maximum Gasteiger partial charge on any atom is 0.416 e. The van der Waals surface area contributed by atoms with Crippen LogP contribution in [0.25, 0.3) is 5.69 Å². The molecule has 0 atom stereocenters. The van der Waals surface area contributed by atoms with Gasteiger partial charge in [0.2, 0.25) is 0 Å². The fraction of sp³-hybridized carbons (Fsp3) is 0.333. The minimum atomic E-state index is -4.39. The van der Waals surface area contributed by atoms with Crippen LogP contribution in [0.15, 0.2) is 35.4 Å². The number of rotatable bonds is 2. The molecule has 0 spiro atoms. The largest absolute Gasteiger partial charge is 0.416 e. The Kier molecular flexibility index (Phi) is 3.21. The summed E-state index contributed by atoms with van der Waals surface area (Å²) in [6, 6.07) is 4.24. The number of hydrogen-bond donors (Lipinski definition) is 0. The Morgan fingerprint density at radius 3 is 2.16 bits per heavy atom. The van der Waals surface area contributed by atoms with Gasteiger partial charge in [0.15, 0.2) is 0 Å². The predicted octanol–water partition coefficient (Wildman–Crippen LogP) is 2.63. The highest BCUT2D eigenvalue weighted by atomic mass is 19.4. The third-order valence-corrected chi connectivity index (χ3v) is 2.69. The Morgan fingerprint density at radius 1 is 1.16 bits per heavy atom. The molecule has 102 valence electrons. The van der Waals surface area contributed by atoms with Gasteiger partial charge in [-0.3, -0.25) is 4.57 Å². The van der Waals surface area contributed by atoms with Crippen molar-refractivity contribution in [3.05, 3.63) is 46.6 Å². The zero-order chi connectivity index (χ0) is 14.2. The van der Waals surface area contributed by atoms with Crippen LogP contribution in [-0.2, 0) is 6.18 Å². The fourth-order valence-electron chi connectivity index (χ4n) is 1.64. The second-order valence-corrected chi connectivity index (χ2v) is 4.37. The average molecular weight is 271 g/mol. The Morgan fingerprint density at radius 2 is 1.74 bits per heavy atom. The summed E-state index contributed by atoms with van der Waals surface area (Å²) in [6.45, 7) is 3.64. The zero-order valence-corrected chi connectivity index (χ0v) is 10.3. The van der Waals surface area contributed by atoms with Crippen LogP contribution in [0.5, 0.6) is 0 Å². The van der Waals surface area contributed by atoms with E-state index in [9.17, 15) is 18.0 Å². The normalized spacial score (nSPS) is 12.1. The molecule has 0 aliphatic heterocycles.